The molecule has 0 fully saturated rings. The Bertz CT molecular complexity index is 932. The number of halogens is 2. The Balaban J connectivity index is 2.05. The van der Waals surface area contributed by atoms with Crippen LogP contribution in [0.4, 0.5) is 10.2 Å². The van der Waals surface area contributed by atoms with Gasteiger partial charge in [0, 0.05) is 22.7 Å². The monoisotopic (exact) mass is 452 g/mol. The molecule has 3 rings (SSSR count). The molecule has 0 spiro atoms. The number of rotatable bonds is 5. The lowest BCUT2D eigenvalue weighted by Crippen LogP contribution is -2.00. The normalized spacial score (nSPS) is 10.9. The number of terminal acetylenes is 1. The molecule has 0 atom stereocenters. The summed E-state index contributed by atoms with van der Waals surface area (Å²) in [6.45, 7) is 0.692. The van der Waals surface area contributed by atoms with Crippen molar-refractivity contribution < 1.29 is 4.39 Å². The van der Waals surface area contributed by atoms with Crippen molar-refractivity contribution in [3.05, 3.63) is 39.8 Å². The maximum atomic E-state index is 14.1. The van der Waals surface area contributed by atoms with E-state index in [1.165, 1.54) is 17.8 Å². The first-order valence-electron chi connectivity index (χ1n) is 7.27. The van der Waals surface area contributed by atoms with Crippen LogP contribution in [0.15, 0.2) is 40.5 Å². The van der Waals surface area contributed by atoms with Crippen molar-refractivity contribution in [2.45, 2.75) is 29.4 Å². The van der Waals surface area contributed by atoms with Crippen molar-refractivity contribution in [1.82, 2.24) is 14.5 Å². The summed E-state index contributed by atoms with van der Waals surface area (Å²) < 4.78 is 17.1. The standard InChI is InChI=1S/C17H14FIN4S/c1-2-3-4-9-23-13-7-8-21-16(20)15(13)22-17(23)24-14-10-11(19)5-6-12(14)18/h1,5-8,10H,3-4,9H2,(H2,20,21). The largest absolute Gasteiger partial charge is 0.382 e. The van der Waals surface area contributed by atoms with Crippen molar-refractivity contribution in [1.29, 1.82) is 0 Å². The van der Waals surface area contributed by atoms with Gasteiger partial charge in [0.2, 0.25) is 0 Å². The van der Waals surface area contributed by atoms with Crippen molar-refractivity contribution >= 4 is 51.2 Å². The second-order valence-electron chi connectivity index (χ2n) is 5.09. The van der Waals surface area contributed by atoms with Gasteiger partial charge >= 0.3 is 0 Å². The number of pyridine rings is 1. The summed E-state index contributed by atoms with van der Waals surface area (Å²) in [5.41, 5.74) is 7.45. The number of imidazole rings is 1. The summed E-state index contributed by atoms with van der Waals surface area (Å²) in [6.07, 6.45) is 8.47. The van der Waals surface area contributed by atoms with E-state index in [9.17, 15) is 4.39 Å². The van der Waals surface area contributed by atoms with Gasteiger partial charge in [-0.15, -0.1) is 12.3 Å². The number of nitrogens with zero attached hydrogens (tertiary/aromatic N) is 3. The number of aryl methyl sites for hydroxylation is 1. The van der Waals surface area contributed by atoms with Gasteiger partial charge in [-0.2, -0.15) is 0 Å². The van der Waals surface area contributed by atoms with E-state index in [0.717, 1.165) is 15.5 Å². The zero-order chi connectivity index (χ0) is 17.1. The number of anilines is 1. The minimum atomic E-state index is -0.270. The lowest BCUT2D eigenvalue weighted by molar-refractivity contribution is 0.597. The van der Waals surface area contributed by atoms with E-state index in [-0.39, 0.29) is 5.82 Å². The fourth-order valence-electron chi connectivity index (χ4n) is 2.34. The number of hydrogen-bond donors (Lipinski definition) is 1. The third-order valence-electron chi connectivity index (χ3n) is 3.46. The Hall–Kier alpha value is -1.79. The van der Waals surface area contributed by atoms with Gasteiger partial charge in [0.15, 0.2) is 11.0 Å². The van der Waals surface area contributed by atoms with Crippen molar-refractivity contribution in [3.63, 3.8) is 0 Å². The molecule has 3 aromatic rings. The highest BCUT2D eigenvalue weighted by Gasteiger charge is 2.16. The first-order chi connectivity index (χ1) is 11.6. The van der Waals surface area contributed by atoms with Crippen LogP contribution in [-0.2, 0) is 6.54 Å². The minimum absolute atomic E-state index is 0.270. The average Bonchev–Trinajstić information content (AvgIpc) is 2.91. The van der Waals surface area contributed by atoms with Gasteiger partial charge in [-0.3, -0.25) is 0 Å². The zero-order valence-electron chi connectivity index (χ0n) is 12.7. The summed E-state index contributed by atoms with van der Waals surface area (Å²) in [6, 6.07) is 6.86. The summed E-state index contributed by atoms with van der Waals surface area (Å²) in [5.74, 6) is 2.74. The molecule has 24 heavy (non-hydrogen) atoms. The number of fused-ring (bicyclic) bond motifs is 1. The number of hydrogen-bond acceptors (Lipinski definition) is 4. The summed E-state index contributed by atoms with van der Waals surface area (Å²) >= 11 is 3.45. The molecule has 0 aliphatic carbocycles. The Labute approximate surface area is 157 Å². The number of unbranched alkanes of at least 4 members (excludes halogenated alkanes) is 1. The van der Waals surface area contributed by atoms with Crippen LogP contribution in [-0.4, -0.2) is 14.5 Å². The second-order valence-corrected chi connectivity index (χ2v) is 7.35. The minimum Gasteiger partial charge on any atom is -0.382 e. The number of aromatic nitrogens is 3. The Morgan fingerprint density at radius 1 is 1.38 bits per heavy atom. The molecule has 0 unspecified atom stereocenters. The third-order valence-corrected chi connectivity index (χ3v) is 5.16. The van der Waals surface area contributed by atoms with Crippen molar-refractivity contribution in [2.24, 2.45) is 0 Å². The first-order valence-corrected chi connectivity index (χ1v) is 9.16. The van der Waals surface area contributed by atoms with Gasteiger partial charge in [0.25, 0.3) is 0 Å². The van der Waals surface area contributed by atoms with Crippen LogP contribution in [0.1, 0.15) is 12.8 Å². The summed E-state index contributed by atoms with van der Waals surface area (Å²) in [4.78, 5) is 9.19. The van der Waals surface area contributed by atoms with E-state index in [0.29, 0.717) is 34.4 Å². The highest BCUT2D eigenvalue weighted by molar-refractivity contribution is 14.1. The lowest BCUT2D eigenvalue weighted by Gasteiger charge is -2.08. The third kappa shape index (κ3) is 3.49. The molecule has 0 aliphatic rings. The number of nitrogens with two attached hydrogens (primary N) is 1. The van der Waals surface area contributed by atoms with Gasteiger partial charge in [-0.05, 0) is 65.0 Å². The van der Waals surface area contributed by atoms with Gasteiger partial charge in [0.1, 0.15) is 11.3 Å². The maximum absolute atomic E-state index is 14.1. The molecule has 2 aromatic heterocycles. The molecule has 0 bridgehead atoms. The molecule has 0 saturated carbocycles. The van der Waals surface area contributed by atoms with Crippen LogP contribution in [0.25, 0.3) is 11.0 Å². The van der Waals surface area contributed by atoms with Crippen LogP contribution in [0.3, 0.4) is 0 Å². The van der Waals surface area contributed by atoms with Crippen LogP contribution in [0.2, 0.25) is 0 Å². The predicted molar refractivity (Wildman–Crippen MR) is 103 cm³/mol. The first kappa shape index (κ1) is 17.0. The zero-order valence-corrected chi connectivity index (χ0v) is 15.6. The molecule has 7 heteroatoms. The van der Waals surface area contributed by atoms with Crippen LogP contribution in [0.5, 0.6) is 0 Å². The Morgan fingerprint density at radius 2 is 2.21 bits per heavy atom. The molecular formula is C17H14FIN4S. The van der Waals surface area contributed by atoms with E-state index < -0.39 is 0 Å². The van der Waals surface area contributed by atoms with Crippen molar-refractivity contribution in [3.8, 4) is 12.3 Å². The molecule has 1 aromatic carbocycles. The molecule has 4 nitrogen and oxygen atoms in total. The number of benzene rings is 1. The molecule has 0 saturated heterocycles. The molecule has 0 amide bonds. The van der Waals surface area contributed by atoms with E-state index in [1.54, 1.807) is 18.3 Å². The molecule has 0 radical (unpaired) electrons. The molecular weight excluding hydrogens is 438 g/mol. The van der Waals surface area contributed by atoms with Gasteiger partial charge in [0.05, 0.1) is 10.4 Å². The van der Waals surface area contributed by atoms with Gasteiger partial charge in [-0.1, -0.05) is 0 Å². The molecule has 2 heterocycles. The molecule has 2 N–H and O–H groups in total. The fraction of sp³-hybridized carbons (Fsp3) is 0.176. The summed E-state index contributed by atoms with van der Waals surface area (Å²) in [7, 11) is 0. The Morgan fingerprint density at radius 3 is 3.00 bits per heavy atom. The van der Waals surface area contributed by atoms with E-state index in [2.05, 4.69) is 38.5 Å². The highest BCUT2D eigenvalue weighted by Crippen LogP contribution is 2.33. The number of nitrogen functional groups attached to an aromatic ring is 1. The van der Waals surface area contributed by atoms with Crippen LogP contribution < -0.4 is 5.73 Å². The maximum Gasteiger partial charge on any atom is 0.174 e. The van der Waals surface area contributed by atoms with Crippen molar-refractivity contribution in [2.75, 3.05) is 5.73 Å². The molecule has 0 aliphatic heterocycles. The quantitative estimate of drug-likeness (QED) is 0.356. The van der Waals surface area contributed by atoms with Gasteiger partial charge in [-0.25, -0.2) is 14.4 Å². The van der Waals surface area contributed by atoms with Crippen LogP contribution >= 0.6 is 34.4 Å². The van der Waals surface area contributed by atoms with E-state index in [1.807, 2.05) is 10.6 Å². The topological polar surface area (TPSA) is 56.7 Å². The van der Waals surface area contributed by atoms with Crippen LogP contribution in [0, 0.1) is 21.7 Å². The van der Waals surface area contributed by atoms with E-state index in [4.69, 9.17) is 12.2 Å². The predicted octanol–water partition coefficient (Wildman–Crippen LogP) is 4.32. The smallest absolute Gasteiger partial charge is 0.174 e. The Kier molecular flexibility index (Phi) is 5.26. The second kappa shape index (κ2) is 7.40. The lowest BCUT2D eigenvalue weighted by atomic mass is 10.3. The highest BCUT2D eigenvalue weighted by atomic mass is 127. The fourth-order valence-corrected chi connectivity index (χ4v) is 4.03. The molecule has 122 valence electrons. The van der Waals surface area contributed by atoms with Gasteiger partial charge < -0.3 is 10.3 Å². The average molecular weight is 452 g/mol. The van der Waals surface area contributed by atoms with E-state index >= 15 is 0 Å². The SMILES string of the molecule is C#CCCCn1c(Sc2cc(I)ccc2F)nc2c(N)nccc21. The summed E-state index contributed by atoms with van der Waals surface area (Å²) in [5, 5.41) is 0.683.